The Bertz CT molecular complexity index is 310. The van der Waals surface area contributed by atoms with Gasteiger partial charge in [0.2, 0.25) is 0 Å². The molecule has 0 amide bonds. The normalized spacial score (nSPS) is 11.3. The van der Waals surface area contributed by atoms with Crippen molar-refractivity contribution < 1.29 is 17.9 Å². The van der Waals surface area contributed by atoms with Crippen molar-refractivity contribution in [2.75, 3.05) is 11.6 Å². The number of hydrogen-bond acceptors (Lipinski definition) is 3. The number of alkyl halides is 3. The van der Waals surface area contributed by atoms with Crippen molar-refractivity contribution >= 4 is 5.69 Å². The number of benzene rings is 1. The van der Waals surface area contributed by atoms with Gasteiger partial charge in [-0.2, -0.15) is 0 Å². The lowest BCUT2D eigenvalue weighted by atomic mass is 10.3. The van der Waals surface area contributed by atoms with Crippen LogP contribution in [0.5, 0.6) is 5.75 Å². The molecule has 0 aliphatic carbocycles. The molecule has 0 aromatic heterocycles. The Morgan fingerprint density at radius 2 is 1.80 bits per heavy atom. The minimum absolute atomic E-state index is 0.254. The molecule has 0 radical (unpaired) electrons. The van der Waals surface area contributed by atoms with Crippen LogP contribution in [0.4, 0.5) is 18.9 Å². The van der Waals surface area contributed by atoms with E-state index in [0.29, 0.717) is 12.2 Å². The van der Waals surface area contributed by atoms with Gasteiger partial charge in [-0.25, -0.2) is 5.84 Å². The summed E-state index contributed by atoms with van der Waals surface area (Å²) in [5.41, 5.74) is 0.632. The highest BCUT2D eigenvalue weighted by molar-refractivity contribution is 5.47. The molecule has 3 nitrogen and oxygen atoms in total. The first-order valence-corrected chi connectivity index (χ1v) is 4.30. The maximum Gasteiger partial charge on any atom is 0.573 e. The Hall–Kier alpha value is -1.43. The molecule has 0 heterocycles. The molecule has 84 valence electrons. The summed E-state index contributed by atoms with van der Waals surface area (Å²) in [6.07, 6.45) is -4.66. The lowest BCUT2D eigenvalue weighted by Crippen LogP contribution is -2.30. The third-order valence-corrected chi connectivity index (χ3v) is 1.74. The third-order valence-electron chi connectivity index (χ3n) is 1.74. The van der Waals surface area contributed by atoms with Gasteiger partial charge in [0.1, 0.15) is 5.75 Å². The zero-order chi connectivity index (χ0) is 11.5. The minimum Gasteiger partial charge on any atom is -0.406 e. The summed E-state index contributed by atoms with van der Waals surface area (Å²) >= 11 is 0. The van der Waals surface area contributed by atoms with Gasteiger partial charge in [-0.1, -0.05) is 0 Å². The van der Waals surface area contributed by atoms with Crippen LogP contribution in [-0.2, 0) is 0 Å². The summed E-state index contributed by atoms with van der Waals surface area (Å²) < 4.78 is 39.1. The van der Waals surface area contributed by atoms with Gasteiger partial charge in [0, 0.05) is 6.54 Å². The fraction of sp³-hybridized carbons (Fsp3) is 0.333. The maximum absolute atomic E-state index is 11.8. The topological polar surface area (TPSA) is 38.5 Å². The number of ether oxygens (including phenoxy) is 1. The van der Waals surface area contributed by atoms with E-state index in [4.69, 9.17) is 5.84 Å². The number of nitrogens with zero attached hydrogens (tertiary/aromatic N) is 1. The molecule has 0 saturated heterocycles. The number of hydrogen-bond donors (Lipinski definition) is 1. The van der Waals surface area contributed by atoms with Crippen molar-refractivity contribution in [2.24, 2.45) is 5.84 Å². The van der Waals surface area contributed by atoms with E-state index in [9.17, 15) is 13.2 Å². The van der Waals surface area contributed by atoms with Crippen molar-refractivity contribution in [3.05, 3.63) is 24.3 Å². The predicted molar refractivity (Wildman–Crippen MR) is 50.3 cm³/mol. The fourth-order valence-corrected chi connectivity index (χ4v) is 1.02. The lowest BCUT2D eigenvalue weighted by Gasteiger charge is -2.16. The SMILES string of the molecule is CCN(N)c1ccc(OC(F)(F)F)cc1. The molecule has 0 aliphatic heterocycles. The maximum atomic E-state index is 11.8. The van der Waals surface area contributed by atoms with Crippen LogP contribution in [0.25, 0.3) is 0 Å². The number of nitrogens with two attached hydrogens (primary N) is 1. The predicted octanol–water partition coefficient (Wildman–Crippen LogP) is 2.29. The number of rotatable bonds is 3. The highest BCUT2D eigenvalue weighted by Crippen LogP contribution is 2.24. The summed E-state index contributed by atoms with van der Waals surface area (Å²) in [5.74, 6) is 5.29. The van der Waals surface area contributed by atoms with Gasteiger partial charge in [-0.15, -0.1) is 13.2 Å². The van der Waals surface area contributed by atoms with Crippen LogP contribution in [0.2, 0.25) is 0 Å². The van der Waals surface area contributed by atoms with Crippen LogP contribution in [0, 0.1) is 0 Å². The van der Waals surface area contributed by atoms with E-state index in [-0.39, 0.29) is 5.75 Å². The molecule has 0 spiro atoms. The summed E-state index contributed by atoms with van der Waals surface area (Å²) in [7, 11) is 0. The Balaban J connectivity index is 2.72. The number of anilines is 1. The summed E-state index contributed by atoms with van der Waals surface area (Å²) in [4.78, 5) is 0. The second-order valence-electron chi connectivity index (χ2n) is 2.83. The Morgan fingerprint density at radius 3 is 2.20 bits per heavy atom. The van der Waals surface area contributed by atoms with Crippen LogP contribution < -0.4 is 15.6 Å². The molecular weight excluding hydrogens is 209 g/mol. The van der Waals surface area contributed by atoms with Gasteiger partial charge in [0.25, 0.3) is 0 Å². The summed E-state index contributed by atoms with van der Waals surface area (Å²) in [6.45, 7) is 2.40. The molecule has 1 aromatic carbocycles. The van der Waals surface area contributed by atoms with Gasteiger partial charge < -0.3 is 9.75 Å². The molecule has 1 aromatic rings. The molecule has 0 atom stereocenters. The Morgan fingerprint density at radius 1 is 1.27 bits per heavy atom. The quantitative estimate of drug-likeness (QED) is 0.627. The highest BCUT2D eigenvalue weighted by Gasteiger charge is 2.30. The van der Waals surface area contributed by atoms with Gasteiger partial charge >= 0.3 is 6.36 Å². The van der Waals surface area contributed by atoms with Crippen molar-refractivity contribution in [2.45, 2.75) is 13.3 Å². The fourth-order valence-electron chi connectivity index (χ4n) is 1.02. The minimum atomic E-state index is -4.66. The van der Waals surface area contributed by atoms with E-state index in [1.165, 1.54) is 29.3 Å². The molecular formula is C9H11F3N2O. The zero-order valence-electron chi connectivity index (χ0n) is 8.08. The molecule has 0 bridgehead atoms. The van der Waals surface area contributed by atoms with Gasteiger partial charge in [0.15, 0.2) is 0 Å². The van der Waals surface area contributed by atoms with Crippen molar-refractivity contribution in [3.63, 3.8) is 0 Å². The zero-order valence-corrected chi connectivity index (χ0v) is 8.08. The first-order valence-electron chi connectivity index (χ1n) is 4.30. The molecule has 0 aliphatic rings. The number of hydrazine groups is 1. The van der Waals surface area contributed by atoms with E-state index in [1.807, 2.05) is 6.92 Å². The standard InChI is InChI=1S/C9H11F3N2O/c1-2-14(13)7-3-5-8(6-4-7)15-9(10,11)12/h3-6H,2,13H2,1H3. The van der Waals surface area contributed by atoms with Gasteiger partial charge in [0.05, 0.1) is 5.69 Å². The molecule has 0 fully saturated rings. The van der Waals surface area contributed by atoms with Crippen molar-refractivity contribution in [1.29, 1.82) is 0 Å². The molecule has 15 heavy (non-hydrogen) atoms. The molecule has 0 saturated carbocycles. The smallest absolute Gasteiger partial charge is 0.406 e. The number of halogens is 3. The first kappa shape index (κ1) is 11.6. The Labute approximate surface area is 85.2 Å². The van der Waals surface area contributed by atoms with Crippen LogP contribution in [0.3, 0.4) is 0 Å². The van der Waals surface area contributed by atoms with E-state index in [0.717, 1.165) is 0 Å². The average molecular weight is 220 g/mol. The summed E-state index contributed by atoms with van der Waals surface area (Å²) in [5, 5.41) is 1.41. The first-order chi connectivity index (χ1) is 6.92. The Kier molecular flexibility index (Phi) is 3.41. The third kappa shape index (κ3) is 3.67. The lowest BCUT2D eigenvalue weighted by molar-refractivity contribution is -0.274. The van der Waals surface area contributed by atoms with Gasteiger partial charge in [-0.3, -0.25) is 0 Å². The summed E-state index contributed by atoms with van der Waals surface area (Å²) in [6, 6.07) is 5.37. The van der Waals surface area contributed by atoms with E-state index in [2.05, 4.69) is 4.74 Å². The van der Waals surface area contributed by atoms with E-state index in [1.54, 1.807) is 0 Å². The van der Waals surface area contributed by atoms with E-state index < -0.39 is 6.36 Å². The molecule has 0 unspecified atom stereocenters. The van der Waals surface area contributed by atoms with Crippen LogP contribution in [0.15, 0.2) is 24.3 Å². The highest BCUT2D eigenvalue weighted by atomic mass is 19.4. The van der Waals surface area contributed by atoms with E-state index >= 15 is 0 Å². The van der Waals surface area contributed by atoms with Gasteiger partial charge in [-0.05, 0) is 31.2 Å². The molecule has 6 heteroatoms. The van der Waals surface area contributed by atoms with Crippen LogP contribution in [-0.4, -0.2) is 12.9 Å². The van der Waals surface area contributed by atoms with Crippen LogP contribution >= 0.6 is 0 Å². The second kappa shape index (κ2) is 4.39. The monoisotopic (exact) mass is 220 g/mol. The molecule has 1 rings (SSSR count). The van der Waals surface area contributed by atoms with Crippen LogP contribution in [0.1, 0.15) is 6.92 Å². The molecule has 2 N–H and O–H groups in total. The second-order valence-corrected chi connectivity index (χ2v) is 2.83. The largest absolute Gasteiger partial charge is 0.573 e. The average Bonchev–Trinajstić information content (AvgIpc) is 2.15. The van der Waals surface area contributed by atoms with Crippen molar-refractivity contribution in [1.82, 2.24) is 0 Å². The van der Waals surface area contributed by atoms with Crippen molar-refractivity contribution in [3.8, 4) is 5.75 Å².